The van der Waals surface area contributed by atoms with Crippen molar-refractivity contribution in [3.05, 3.63) is 33.1 Å². The molecule has 0 aromatic heterocycles. The summed E-state index contributed by atoms with van der Waals surface area (Å²) in [6.07, 6.45) is -4.22. The molecule has 0 atom stereocenters. The maximum atomic E-state index is 12.7. The highest BCUT2D eigenvalue weighted by Gasteiger charge is 2.26. The molecule has 0 saturated heterocycles. The Bertz CT molecular complexity index is 337. The van der Waals surface area contributed by atoms with Crippen molar-refractivity contribution in [1.82, 2.24) is 5.32 Å². The van der Waals surface area contributed by atoms with Crippen LogP contribution in [0.2, 0.25) is 0 Å². The third kappa shape index (κ3) is 4.78. The van der Waals surface area contributed by atoms with Gasteiger partial charge in [-0.25, -0.2) is 4.39 Å². The van der Waals surface area contributed by atoms with Gasteiger partial charge in [0.2, 0.25) is 0 Å². The predicted molar refractivity (Wildman–Crippen MR) is 56.9 cm³/mol. The van der Waals surface area contributed by atoms with Crippen molar-refractivity contribution >= 4 is 22.6 Å². The summed E-state index contributed by atoms with van der Waals surface area (Å²) < 4.78 is 48.7. The fourth-order valence-electron chi connectivity index (χ4n) is 1.00. The van der Waals surface area contributed by atoms with E-state index in [0.717, 1.165) is 0 Å². The van der Waals surface area contributed by atoms with E-state index in [-0.39, 0.29) is 12.4 Å². The minimum Gasteiger partial charge on any atom is -0.305 e. The molecule has 0 amide bonds. The SMILES string of the molecule is Fc1ccc(CNCC(F)(F)F)c(I)c1. The van der Waals surface area contributed by atoms with Crippen LogP contribution in [0.5, 0.6) is 0 Å². The topological polar surface area (TPSA) is 12.0 Å². The average molecular weight is 333 g/mol. The van der Waals surface area contributed by atoms with E-state index in [0.29, 0.717) is 9.13 Å². The van der Waals surface area contributed by atoms with Crippen molar-refractivity contribution in [1.29, 1.82) is 0 Å². The van der Waals surface area contributed by atoms with E-state index in [1.807, 2.05) is 22.6 Å². The van der Waals surface area contributed by atoms with Crippen LogP contribution in [-0.4, -0.2) is 12.7 Å². The van der Waals surface area contributed by atoms with E-state index in [1.54, 1.807) is 0 Å². The number of alkyl halides is 3. The van der Waals surface area contributed by atoms with E-state index < -0.39 is 12.7 Å². The van der Waals surface area contributed by atoms with Gasteiger partial charge in [-0.15, -0.1) is 0 Å². The molecule has 6 heteroatoms. The first-order valence-corrected chi connectivity index (χ1v) is 5.18. The Hall–Kier alpha value is -0.370. The number of halogens is 5. The van der Waals surface area contributed by atoms with Gasteiger partial charge >= 0.3 is 6.18 Å². The monoisotopic (exact) mass is 333 g/mol. The molecular formula is C9H8F4IN. The minimum absolute atomic E-state index is 0.0814. The van der Waals surface area contributed by atoms with Crippen LogP contribution < -0.4 is 5.32 Å². The van der Waals surface area contributed by atoms with E-state index >= 15 is 0 Å². The zero-order valence-electron chi connectivity index (χ0n) is 7.54. The van der Waals surface area contributed by atoms with Gasteiger partial charge in [0.25, 0.3) is 0 Å². The lowest BCUT2D eigenvalue weighted by molar-refractivity contribution is -0.125. The van der Waals surface area contributed by atoms with E-state index in [1.165, 1.54) is 18.2 Å². The highest BCUT2D eigenvalue weighted by Crippen LogP contribution is 2.15. The van der Waals surface area contributed by atoms with E-state index in [2.05, 4.69) is 5.32 Å². The molecule has 0 fully saturated rings. The summed E-state index contributed by atoms with van der Waals surface area (Å²) in [5.41, 5.74) is 0.654. The van der Waals surface area contributed by atoms with Gasteiger partial charge in [0.1, 0.15) is 5.82 Å². The number of nitrogens with one attached hydrogen (secondary N) is 1. The lowest BCUT2D eigenvalue weighted by Gasteiger charge is -2.09. The fraction of sp³-hybridized carbons (Fsp3) is 0.333. The molecule has 0 spiro atoms. The van der Waals surface area contributed by atoms with Gasteiger partial charge in [-0.3, -0.25) is 0 Å². The molecule has 1 aromatic carbocycles. The zero-order chi connectivity index (χ0) is 11.5. The van der Waals surface area contributed by atoms with Crippen molar-refractivity contribution in [2.75, 3.05) is 6.54 Å². The first kappa shape index (κ1) is 12.7. The second kappa shape index (κ2) is 5.11. The smallest absolute Gasteiger partial charge is 0.305 e. The molecular weight excluding hydrogens is 325 g/mol. The van der Waals surface area contributed by atoms with Gasteiger partial charge in [0.15, 0.2) is 0 Å². The van der Waals surface area contributed by atoms with Crippen LogP contribution in [0.3, 0.4) is 0 Å². The van der Waals surface area contributed by atoms with Crippen LogP contribution in [0.15, 0.2) is 18.2 Å². The number of benzene rings is 1. The lowest BCUT2D eigenvalue weighted by atomic mass is 10.2. The third-order valence-corrected chi connectivity index (χ3v) is 2.66. The Morgan fingerprint density at radius 1 is 1.27 bits per heavy atom. The number of rotatable bonds is 3. The summed E-state index contributed by atoms with van der Waals surface area (Å²) in [6, 6.07) is 3.98. The predicted octanol–water partition coefficient (Wildman–Crippen LogP) is 3.08. The Balaban J connectivity index is 2.51. The van der Waals surface area contributed by atoms with Crippen molar-refractivity contribution in [3.8, 4) is 0 Å². The summed E-state index contributed by atoms with van der Waals surface area (Å²) in [7, 11) is 0. The molecule has 0 aliphatic heterocycles. The number of hydrogen-bond donors (Lipinski definition) is 1. The molecule has 0 bridgehead atoms. The van der Waals surface area contributed by atoms with Crippen LogP contribution in [0, 0.1) is 9.39 Å². The Morgan fingerprint density at radius 2 is 1.93 bits per heavy atom. The molecule has 0 radical (unpaired) electrons. The molecule has 0 aliphatic rings. The van der Waals surface area contributed by atoms with E-state index in [4.69, 9.17) is 0 Å². The van der Waals surface area contributed by atoms with Crippen molar-refractivity contribution in [3.63, 3.8) is 0 Å². The summed E-state index contributed by atoms with van der Waals surface area (Å²) in [5.74, 6) is -0.390. The van der Waals surface area contributed by atoms with Crippen LogP contribution in [0.1, 0.15) is 5.56 Å². The number of hydrogen-bond acceptors (Lipinski definition) is 1. The first-order valence-electron chi connectivity index (χ1n) is 4.10. The van der Waals surface area contributed by atoms with Crippen molar-refractivity contribution in [2.45, 2.75) is 12.7 Å². The van der Waals surface area contributed by atoms with Crippen LogP contribution in [0.25, 0.3) is 0 Å². The third-order valence-electron chi connectivity index (χ3n) is 1.66. The van der Waals surface area contributed by atoms with E-state index in [9.17, 15) is 17.6 Å². The summed E-state index contributed by atoms with van der Waals surface area (Å²) >= 11 is 1.89. The van der Waals surface area contributed by atoms with Crippen LogP contribution in [-0.2, 0) is 6.54 Å². The van der Waals surface area contributed by atoms with Crippen LogP contribution >= 0.6 is 22.6 Å². The zero-order valence-corrected chi connectivity index (χ0v) is 9.69. The normalized spacial score (nSPS) is 11.8. The highest BCUT2D eigenvalue weighted by molar-refractivity contribution is 14.1. The summed E-state index contributed by atoms with van der Waals surface area (Å²) in [5, 5.41) is 2.25. The molecule has 1 nitrogen and oxygen atoms in total. The fourth-order valence-corrected chi connectivity index (χ4v) is 1.67. The molecule has 1 N–H and O–H groups in total. The molecule has 0 unspecified atom stereocenters. The Labute approximate surface area is 98.0 Å². The maximum absolute atomic E-state index is 12.7. The molecule has 0 saturated carbocycles. The van der Waals surface area contributed by atoms with Crippen molar-refractivity contribution in [2.24, 2.45) is 0 Å². The van der Waals surface area contributed by atoms with Gasteiger partial charge in [-0.05, 0) is 40.3 Å². The van der Waals surface area contributed by atoms with Gasteiger partial charge in [-0.1, -0.05) is 6.07 Å². The first-order chi connectivity index (χ1) is 6.88. The molecule has 1 aromatic rings. The molecule has 1 rings (SSSR count). The second-order valence-corrected chi connectivity index (χ2v) is 4.12. The van der Waals surface area contributed by atoms with Crippen molar-refractivity contribution < 1.29 is 17.6 Å². The molecule has 0 heterocycles. The van der Waals surface area contributed by atoms with Gasteiger partial charge in [-0.2, -0.15) is 13.2 Å². The quantitative estimate of drug-likeness (QED) is 0.662. The molecule has 15 heavy (non-hydrogen) atoms. The van der Waals surface area contributed by atoms with Crippen LogP contribution in [0.4, 0.5) is 17.6 Å². The average Bonchev–Trinajstić information content (AvgIpc) is 2.07. The maximum Gasteiger partial charge on any atom is 0.401 e. The van der Waals surface area contributed by atoms with Gasteiger partial charge in [0.05, 0.1) is 6.54 Å². The molecule has 0 aliphatic carbocycles. The van der Waals surface area contributed by atoms with Gasteiger partial charge < -0.3 is 5.32 Å². The van der Waals surface area contributed by atoms with Gasteiger partial charge in [0, 0.05) is 10.1 Å². The Kier molecular flexibility index (Phi) is 4.32. The lowest BCUT2D eigenvalue weighted by Crippen LogP contribution is -2.28. The Morgan fingerprint density at radius 3 is 2.47 bits per heavy atom. The summed E-state index contributed by atoms with van der Waals surface area (Å²) in [6.45, 7) is -0.960. The largest absolute Gasteiger partial charge is 0.401 e. The second-order valence-electron chi connectivity index (χ2n) is 2.95. The summed E-state index contributed by atoms with van der Waals surface area (Å²) in [4.78, 5) is 0. The minimum atomic E-state index is -4.22. The highest BCUT2D eigenvalue weighted by atomic mass is 127. The molecule has 84 valence electrons. The standard InChI is InChI=1S/C9H8F4IN/c10-7-2-1-6(8(14)3-7)4-15-5-9(11,12)13/h1-3,15H,4-5H2.